The number of pyridine rings is 2. The number of anilines is 2. The number of aromatic nitrogens is 2. The zero-order valence-corrected chi connectivity index (χ0v) is 17.4. The topological polar surface area (TPSA) is 70.1 Å². The third kappa shape index (κ3) is 4.73. The van der Waals surface area contributed by atoms with Gasteiger partial charge in [-0.2, -0.15) is 0 Å². The molecule has 0 aliphatic rings. The minimum atomic E-state index is -0.776. The Balaban J connectivity index is 1.86. The Hall–Kier alpha value is -3.70. The summed E-state index contributed by atoms with van der Waals surface area (Å²) in [6.07, 6.45) is 2.75. The molecule has 4 aromatic rings. The average Bonchev–Trinajstić information content (AvgIpc) is 2.85. The normalized spacial score (nSPS) is 13.7. The smallest absolute Gasteiger partial charge is 0.126 e. The van der Waals surface area contributed by atoms with Gasteiger partial charge in [0, 0.05) is 30.8 Å². The Morgan fingerprint density at radius 3 is 2.10 bits per heavy atom. The molecule has 31 heavy (non-hydrogen) atoms. The van der Waals surface area contributed by atoms with Gasteiger partial charge in [-0.25, -0.2) is 4.98 Å². The highest BCUT2D eigenvalue weighted by Crippen LogP contribution is 2.43. The van der Waals surface area contributed by atoms with Gasteiger partial charge in [-0.05, 0) is 41.5 Å². The largest absolute Gasteiger partial charge is 0.388 e. The van der Waals surface area contributed by atoms with E-state index < -0.39 is 6.10 Å². The molecule has 5 heteroatoms. The predicted octanol–water partition coefficient (Wildman–Crippen LogP) is 5.19. The number of hydrogen-bond acceptors (Lipinski definition) is 5. The first kappa shape index (κ1) is 20.6. The van der Waals surface area contributed by atoms with Crippen molar-refractivity contribution in [3.63, 3.8) is 0 Å². The highest BCUT2D eigenvalue weighted by atomic mass is 16.3. The average molecular weight is 411 g/mol. The van der Waals surface area contributed by atoms with E-state index in [4.69, 9.17) is 0 Å². The van der Waals surface area contributed by atoms with E-state index >= 15 is 0 Å². The van der Waals surface area contributed by atoms with E-state index in [0.29, 0.717) is 0 Å². The van der Waals surface area contributed by atoms with Gasteiger partial charge in [0.15, 0.2) is 0 Å². The number of para-hydroxylation sites is 1. The zero-order chi connectivity index (χ0) is 21.5. The number of aliphatic hydroxyl groups is 1. The van der Waals surface area contributed by atoms with Gasteiger partial charge in [0.05, 0.1) is 18.1 Å². The van der Waals surface area contributed by atoms with E-state index in [9.17, 15) is 5.11 Å². The molecular weight excluding hydrogens is 384 g/mol. The Kier molecular flexibility index (Phi) is 6.55. The maximum Gasteiger partial charge on any atom is 0.126 e. The summed E-state index contributed by atoms with van der Waals surface area (Å²) >= 11 is 0. The van der Waals surface area contributed by atoms with Gasteiger partial charge in [-0.15, -0.1) is 0 Å². The van der Waals surface area contributed by atoms with E-state index in [-0.39, 0.29) is 12.0 Å². The second-order valence-corrected chi connectivity index (χ2v) is 7.31. The van der Waals surface area contributed by atoms with Gasteiger partial charge in [0.25, 0.3) is 0 Å². The lowest BCUT2D eigenvalue weighted by Gasteiger charge is -2.33. The molecule has 0 aliphatic carbocycles. The van der Waals surface area contributed by atoms with Crippen molar-refractivity contribution >= 4 is 11.5 Å². The molecule has 5 nitrogen and oxygen atoms in total. The molecule has 3 N–H and O–H groups in total. The molecule has 2 aromatic heterocycles. The summed E-state index contributed by atoms with van der Waals surface area (Å²) in [5, 5.41) is 18.4. The molecule has 0 aliphatic heterocycles. The highest BCUT2D eigenvalue weighted by Gasteiger charge is 2.34. The molecule has 0 fully saturated rings. The molecule has 2 aromatic carbocycles. The molecule has 3 atom stereocenters. The summed E-state index contributed by atoms with van der Waals surface area (Å²) in [5.41, 5.74) is 3.66. The van der Waals surface area contributed by atoms with Crippen LogP contribution in [0.25, 0.3) is 0 Å². The standard InChI is InChI=1S/C26H26N4O/c1-27-21-14-6-5-13-20(21)25(30-23-16-8-10-18-29-23)24(22-15-7-9-17-28-22)26(31)19-11-3-2-4-12-19/h2-18,24-27,31H,1H3,(H,29,30). The van der Waals surface area contributed by atoms with Crippen LogP contribution in [0.5, 0.6) is 0 Å². The van der Waals surface area contributed by atoms with Crippen LogP contribution in [-0.2, 0) is 0 Å². The van der Waals surface area contributed by atoms with E-state index in [1.54, 1.807) is 12.4 Å². The van der Waals surface area contributed by atoms with E-state index in [1.807, 2.05) is 92.0 Å². The minimum absolute atomic E-state index is 0.288. The molecule has 4 rings (SSSR count). The molecule has 0 saturated carbocycles. The Labute approximate surface area is 182 Å². The van der Waals surface area contributed by atoms with E-state index in [0.717, 1.165) is 28.3 Å². The maximum absolute atomic E-state index is 11.6. The first-order valence-corrected chi connectivity index (χ1v) is 10.4. The van der Waals surface area contributed by atoms with E-state index in [1.165, 1.54) is 0 Å². The van der Waals surface area contributed by atoms with Crippen molar-refractivity contribution in [1.82, 2.24) is 9.97 Å². The summed E-state index contributed by atoms with van der Waals surface area (Å²) in [4.78, 5) is 9.10. The fourth-order valence-corrected chi connectivity index (χ4v) is 3.91. The summed E-state index contributed by atoms with van der Waals surface area (Å²) in [6, 6.07) is 29.1. The lowest BCUT2D eigenvalue weighted by molar-refractivity contribution is 0.133. The van der Waals surface area contributed by atoms with Gasteiger partial charge in [0.2, 0.25) is 0 Å². The minimum Gasteiger partial charge on any atom is -0.388 e. The van der Waals surface area contributed by atoms with Crippen molar-refractivity contribution in [3.05, 3.63) is 120 Å². The van der Waals surface area contributed by atoms with Crippen LogP contribution in [0.1, 0.15) is 34.9 Å². The molecule has 2 heterocycles. The molecule has 0 bridgehead atoms. The molecule has 0 saturated heterocycles. The van der Waals surface area contributed by atoms with Crippen molar-refractivity contribution in [1.29, 1.82) is 0 Å². The molecule has 0 spiro atoms. The highest BCUT2D eigenvalue weighted by molar-refractivity contribution is 5.56. The molecule has 3 unspecified atom stereocenters. The molecule has 0 radical (unpaired) electrons. The van der Waals surface area contributed by atoms with Crippen LogP contribution in [0.15, 0.2) is 103 Å². The quantitative estimate of drug-likeness (QED) is 0.373. The van der Waals surface area contributed by atoms with Crippen molar-refractivity contribution < 1.29 is 5.11 Å². The fourth-order valence-electron chi connectivity index (χ4n) is 3.91. The van der Waals surface area contributed by atoms with Crippen LogP contribution in [0.4, 0.5) is 11.5 Å². The SMILES string of the molecule is CNc1ccccc1C(Nc1ccccn1)C(c1ccccn1)C(O)c1ccccc1. The zero-order valence-electron chi connectivity index (χ0n) is 17.4. The lowest BCUT2D eigenvalue weighted by Crippen LogP contribution is -2.27. The Morgan fingerprint density at radius 2 is 1.42 bits per heavy atom. The molecule has 0 amide bonds. The number of benzene rings is 2. The van der Waals surface area contributed by atoms with Gasteiger partial charge >= 0.3 is 0 Å². The first-order chi connectivity index (χ1) is 15.3. The molecule has 156 valence electrons. The number of rotatable bonds is 8. The lowest BCUT2D eigenvalue weighted by atomic mass is 9.82. The van der Waals surface area contributed by atoms with Gasteiger partial charge in [-0.1, -0.05) is 60.7 Å². The maximum atomic E-state index is 11.6. The second-order valence-electron chi connectivity index (χ2n) is 7.31. The Morgan fingerprint density at radius 1 is 0.742 bits per heavy atom. The summed E-state index contributed by atoms with van der Waals surface area (Å²) in [7, 11) is 1.90. The van der Waals surface area contributed by atoms with Gasteiger partial charge < -0.3 is 15.7 Å². The van der Waals surface area contributed by atoms with Gasteiger partial charge in [-0.3, -0.25) is 4.98 Å². The third-order valence-electron chi connectivity index (χ3n) is 5.40. The van der Waals surface area contributed by atoms with Gasteiger partial charge in [0.1, 0.15) is 5.82 Å². The van der Waals surface area contributed by atoms with Crippen molar-refractivity contribution in [2.24, 2.45) is 0 Å². The number of nitrogens with one attached hydrogen (secondary N) is 2. The number of nitrogens with zero attached hydrogens (tertiary/aromatic N) is 2. The van der Waals surface area contributed by atoms with Crippen molar-refractivity contribution in [3.8, 4) is 0 Å². The predicted molar refractivity (Wildman–Crippen MR) is 125 cm³/mol. The van der Waals surface area contributed by atoms with Crippen LogP contribution < -0.4 is 10.6 Å². The Bertz CT molecular complexity index is 1070. The van der Waals surface area contributed by atoms with Crippen molar-refractivity contribution in [2.45, 2.75) is 18.1 Å². The van der Waals surface area contributed by atoms with Crippen LogP contribution in [0.3, 0.4) is 0 Å². The van der Waals surface area contributed by atoms with Crippen molar-refractivity contribution in [2.75, 3.05) is 17.7 Å². The summed E-state index contributed by atoms with van der Waals surface area (Å²) in [5.74, 6) is 0.375. The first-order valence-electron chi connectivity index (χ1n) is 10.4. The van der Waals surface area contributed by atoms with Crippen LogP contribution in [-0.4, -0.2) is 22.1 Å². The van der Waals surface area contributed by atoms with Crippen LogP contribution in [0, 0.1) is 0 Å². The van der Waals surface area contributed by atoms with E-state index in [2.05, 4.69) is 26.7 Å². The monoisotopic (exact) mass is 410 g/mol. The third-order valence-corrected chi connectivity index (χ3v) is 5.40. The number of hydrogen-bond donors (Lipinski definition) is 3. The fraction of sp³-hybridized carbons (Fsp3) is 0.154. The summed E-state index contributed by atoms with van der Waals surface area (Å²) < 4.78 is 0. The van der Waals surface area contributed by atoms with Crippen LogP contribution >= 0.6 is 0 Å². The van der Waals surface area contributed by atoms with Crippen LogP contribution in [0.2, 0.25) is 0 Å². The second kappa shape index (κ2) is 9.87. The summed E-state index contributed by atoms with van der Waals surface area (Å²) in [6.45, 7) is 0. The number of aliphatic hydroxyl groups excluding tert-OH is 1. The molecular formula is C26H26N4O.